The van der Waals surface area contributed by atoms with Crippen LogP contribution in [0.2, 0.25) is 0 Å². The number of benzene rings is 1. The largest absolute Gasteiger partial charge is 0.490 e. The van der Waals surface area contributed by atoms with Crippen LogP contribution in [0.25, 0.3) is 0 Å². The number of hydrogen-bond acceptors (Lipinski definition) is 2. The van der Waals surface area contributed by atoms with Crippen molar-refractivity contribution in [1.82, 2.24) is 0 Å². The summed E-state index contributed by atoms with van der Waals surface area (Å²) >= 11 is 0. The summed E-state index contributed by atoms with van der Waals surface area (Å²) in [6.07, 6.45) is 8.44. The number of nitrogens with zero attached hydrogens (tertiary/aromatic N) is 1. The van der Waals surface area contributed by atoms with E-state index in [-0.39, 0.29) is 11.3 Å². The van der Waals surface area contributed by atoms with Crippen molar-refractivity contribution in [2.24, 2.45) is 11.8 Å². The first-order valence-electron chi connectivity index (χ1n) is 8.16. The highest BCUT2D eigenvalue weighted by Crippen LogP contribution is 2.32. The average Bonchev–Trinajstić information content (AvgIpc) is 2.55. The molecule has 2 rings (SSSR count). The van der Waals surface area contributed by atoms with Crippen LogP contribution in [0.4, 0.5) is 8.78 Å². The molecule has 1 aliphatic carbocycles. The minimum atomic E-state index is -1.12. The first-order chi connectivity index (χ1) is 10.7. The van der Waals surface area contributed by atoms with E-state index >= 15 is 0 Å². The number of nitriles is 1. The molecule has 120 valence electrons. The van der Waals surface area contributed by atoms with Crippen LogP contribution >= 0.6 is 0 Å². The molecule has 0 saturated heterocycles. The summed E-state index contributed by atoms with van der Waals surface area (Å²) in [7, 11) is 0. The lowest BCUT2D eigenvalue weighted by molar-refractivity contribution is 0.172. The fourth-order valence-electron chi connectivity index (χ4n) is 3.12. The maximum absolute atomic E-state index is 13.8. The molecule has 1 aromatic rings. The molecule has 1 aliphatic rings. The molecule has 22 heavy (non-hydrogen) atoms. The molecule has 0 amide bonds. The Bertz CT molecular complexity index is 531. The summed E-state index contributed by atoms with van der Waals surface area (Å²) in [6.45, 7) is 2.63. The Morgan fingerprint density at radius 3 is 2.45 bits per heavy atom. The van der Waals surface area contributed by atoms with Crippen LogP contribution in [0.15, 0.2) is 12.1 Å². The molecule has 4 heteroatoms. The number of halogens is 2. The molecule has 0 aromatic heterocycles. The maximum Gasteiger partial charge on any atom is 0.201 e. The Morgan fingerprint density at radius 2 is 1.82 bits per heavy atom. The van der Waals surface area contributed by atoms with Gasteiger partial charge in [0, 0.05) is 0 Å². The van der Waals surface area contributed by atoms with Crippen molar-refractivity contribution in [1.29, 1.82) is 5.26 Å². The van der Waals surface area contributed by atoms with Gasteiger partial charge in [-0.15, -0.1) is 0 Å². The van der Waals surface area contributed by atoms with Crippen LogP contribution in [0, 0.1) is 34.8 Å². The van der Waals surface area contributed by atoms with Gasteiger partial charge in [0.05, 0.1) is 12.2 Å². The summed E-state index contributed by atoms with van der Waals surface area (Å²) in [5.74, 6) is -1.04. The molecule has 0 unspecified atom stereocenters. The van der Waals surface area contributed by atoms with E-state index in [1.165, 1.54) is 44.2 Å². The normalized spacial score (nSPS) is 21.4. The van der Waals surface area contributed by atoms with Crippen molar-refractivity contribution in [2.75, 3.05) is 6.61 Å². The Hall–Kier alpha value is -1.63. The summed E-state index contributed by atoms with van der Waals surface area (Å²) < 4.78 is 32.7. The second-order valence-electron chi connectivity index (χ2n) is 6.19. The van der Waals surface area contributed by atoms with Crippen molar-refractivity contribution in [2.45, 2.75) is 51.9 Å². The van der Waals surface area contributed by atoms with Crippen molar-refractivity contribution < 1.29 is 13.5 Å². The third-order valence-corrected chi connectivity index (χ3v) is 4.57. The number of ether oxygens (including phenoxy) is 1. The average molecular weight is 307 g/mol. The SMILES string of the molecule is CCCCC1CCC(COc2ccc(C#N)c(F)c2F)CC1. The Balaban J connectivity index is 1.82. The number of unbranched alkanes of at least 4 members (excludes halogenated alkanes) is 1. The van der Waals surface area contributed by atoms with Gasteiger partial charge < -0.3 is 4.74 Å². The molecule has 1 fully saturated rings. The number of hydrogen-bond donors (Lipinski definition) is 0. The lowest BCUT2D eigenvalue weighted by Crippen LogP contribution is -2.20. The van der Waals surface area contributed by atoms with E-state index in [1.54, 1.807) is 6.07 Å². The Morgan fingerprint density at radius 1 is 1.14 bits per heavy atom. The van der Waals surface area contributed by atoms with E-state index in [1.807, 2.05) is 0 Å². The lowest BCUT2D eigenvalue weighted by Gasteiger charge is -2.28. The van der Waals surface area contributed by atoms with Gasteiger partial charge in [0.1, 0.15) is 6.07 Å². The topological polar surface area (TPSA) is 33.0 Å². The molecule has 0 spiro atoms. The van der Waals surface area contributed by atoms with Crippen LogP contribution in [0.5, 0.6) is 5.75 Å². The van der Waals surface area contributed by atoms with Gasteiger partial charge >= 0.3 is 0 Å². The third-order valence-electron chi connectivity index (χ3n) is 4.57. The van der Waals surface area contributed by atoms with Gasteiger partial charge in [-0.25, -0.2) is 4.39 Å². The summed E-state index contributed by atoms with van der Waals surface area (Å²) in [6, 6.07) is 4.22. The van der Waals surface area contributed by atoms with Crippen molar-refractivity contribution in [3.8, 4) is 11.8 Å². The molecule has 0 heterocycles. The van der Waals surface area contributed by atoms with E-state index in [2.05, 4.69) is 6.92 Å². The molecule has 0 N–H and O–H groups in total. The van der Waals surface area contributed by atoms with E-state index in [9.17, 15) is 8.78 Å². The summed E-state index contributed by atoms with van der Waals surface area (Å²) in [5.41, 5.74) is -0.290. The molecular formula is C18H23F2NO. The van der Waals surface area contributed by atoms with E-state index in [4.69, 9.17) is 10.00 Å². The molecular weight excluding hydrogens is 284 g/mol. The highest BCUT2D eigenvalue weighted by molar-refractivity contribution is 5.37. The first-order valence-corrected chi connectivity index (χ1v) is 8.16. The smallest absolute Gasteiger partial charge is 0.201 e. The van der Waals surface area contributed by atoms with Gasteiger partial charge in [-0.2, -0.15) is 9.65 Å². The quantitative estimate of drug-likeness (QED) is 0.722. The van der Waals surface area contributed by atoms with Crippen molar-refractivity contribution in [3.05, 3.63) is 29.3 Å². The molecule has 0 bridgehead atoms. The van der Waals surface area contributed by atoms with Crippen LogP contribution < -0.4 is 4.74 Å². The molecule has 1 saturated carbocycles. The van der Waals surface area contributed by atoms with Gasteiger partial charge in [-0.05, 0) is 36.8 Å². The van der Waals surface area contributed by atoms with Gasteiger partial charge in [0.25, 0.3) is 0 Å². The maximum atomic E-state index is 13.8. The summed E-state index contributed by atoms with van der Waals surface area (Å²) in [4.78, 5) is 0. The van der Waals surface area contributed by atoms with E-state index in [0.717, 1.165) is 18.8 Å². The van der Waals surface area contributed by atoms with Crippen LogP contribution in [-0.2, 0) is 0 Å². The molecule has 1 aromatic carbocycles. The zero-order chi connectivity index (χ0) is 15.9. The monoisotopic (exact) mass is 307 g/mol. The first kappa shape index (κ1) is 16.7. The minimum absolute atomic E-state index is 0.0930. The van der Waals surface area contributed by atoms with Crippen LogP contribution in [-0.4, -0.2) is 6.61 Å². The predicted octanol–water partition coefficient (Wildman–Crippen LogP) is 5.21. The molecule has 2 nitrogen and oxygen atoms in total. The predicted molar refractivity (Wildman–Crippen MR) is 81.5 cm³/mol. The highest BCUT2D eigenvalue weighted by Gasteiger charge is 2.22. The van der Waals surface area contributed by atoms with Crippen LogP contribution in [0.1, 0.15) is 57.4 Å². The van der Waals surface area contributed by atoms with Crippen LogP contribution in [0.3, 0.4) is 0 Å². The zero-order valence-electron chi connectivity index (χ0n) is 13.1. The summed E-state index contributed by atoms with van der Waals surface area (Å²) in [5, 5.41) is 8.66. The molecule has 0 aliphatic heterocycles. The van der Waals surface area contributed by atoms with Gasteiger partial charge in [-0.1, -0.05) is 39.0 Å². The fourth-order valence-corrected chi connectivity index (χ4v) is 3.12. The fraction of sp³-hybridized carbons (Fsp3) is 0.611. The molecule has 0 radical (unpaired) electrons. The standard InChI is InChI=1S/C18H23F2NO/c1-2-3-4-13-5-7-14(8-6-13)12-22-16-10-9-15(11-21)17(19)18(16)20/h9-10,13-14H,2-8,12H2,1H3. The van der Waals surface area contributed by atoms with Crippen molar-refractivity contribution >= 4 is 0 Å². The molecule has 0 atom stereocenters. The zero-order valence-corrected chi connectivity index (χ0v) is 13.1. The highest BCUT2D eigenvalue weighted by atomic mass is 19.2. The lowest BCUT2D eigenvalue weighted by atomic mass is 9.80. The minimum Gasteiger partial charge on any atom is -0.490 e. The number of rotatable bonds is 6. The van der Waals surface area contributed by atoms with Gasteiger partial charge in [0.15, 0.2) is 11.6 Å². The third kappa shape index (κ3) is 4.19. The Kier molecular flexibility index (Phi) is 6.18. The van der Waals surface area contributed by atoms with Gasteiger partial charge in [0.2, 0.25) is 5.82 Å². The second kappa shape index (κ2) is 8.12. The van der Waals surface area contributed by atoms with Crippen molar-refractivity contribution in [3.63, 3.8) is 0 Å². The van der Waals surface area contributed by atoms with Gasteiger partial charge in [-0.3, -0.25) is 0 Å². The Labute approximate surface area is 131 Å². The van der Waals surface area contributed by atoms with E-state index in [0.29, 0.717) is 12.5 Å². The van der Waals surface area contributed by atoms with E-state index < -0.39 is 11.6 Å². The second-order valence-corrected chi connectivity index (χ2v) is 6.19.